The van der Waals surface area contributed by atoms with Crippen LogP contribution in [0, 0.1) is 6.92 Å². The zero-order valence-electron chi connectivity index (χ0n) is 11.9. The number of nitrogens with one attached hydrogen (secondary N) is 1. The first kappa shape index (κ1) is 14.9. The minimum absolute atomic E-state index is 0.817. The van der Waals surface area contributed by atoms with Crippen LogP contribution < -0.4 is 5.32 Å². The molecule has 0 unspecified atom stereocenters. The number of hydrogen-bond acceptors (Lipinski definition) is 5. The second-order valence-electron chi connectivity index (χ2n) is 4.90. The maximum atomic E-state index is 4.32. The van der Waals surface area contributed by atoms with E-state index < -0.39 is 0 Å². The van der Waals surface area contributed by atoms with Crippen molar-refractivity contribution in [1.29, 1.82) is 0 Å². The fraction of sp³-hybridized carbons (Fsp3) is 0.333. The monoisotopic (exact) mass is 381 g/mol. The zero-order valence-corrected chi connectivity index (χ0v) is 15.2. The van der Waals surface area contributed by atoms with Gasteiger partial charge < -0.3 is 5.32 Å². The molecule has 1 N–H and O–H groups in total. The van der Waals surface area contributed by atoms with Crippen LogP contribution >= 0.6 is 38.6 Å². The van der Waals surface area contributed by atoms with Crippen LogP contribution in [0.5, 0.6) is 0 Å². The Morgan fingerprint density at radius 1 is 1.29 bits per heavy atom. The predicted molar refractivity (Wildman–Crippen MR) is 95.5 cm³/mol. The van der Waals surface area contributed by atoms with Crippen molar-refractivity contribution in [2.45, 2.75) is 33.2 Å². The van der Waals surface area contributed by atoms with Gasteiger partial charge >= 0.3 is 0 Å². The van der Waals surface area contributed by atoms with E-state index in [9.17, 15) is 0 Å². The standard InChI is InChI=1S/C15H16BrN3S2/c1-3-4-12-9(2)14-15(21-12)11(8-18-19-14)17-7-10-5-6-13(16)20-10/h5-6,8H,3-4,7H2,1-2H3,(H,17,19). The van der Waals surface area contributed by atoms with E-state index >= 15 is 0 Å². The Kier molecular flexibility index (Phi) is 4.57. The Morgan fingerprint density at radius 2 is 2.14 bits per heavy atom. The summed E-state index contributed by atoms with van der Waals surface area (Å²) in [5.74, 6) is 0. The lowest BCUT2D eigenvalue weighted by Crippen LogP contribution is -1.98. The summed E-state index contributed by atoms with van der Waals surface area (Å²) in [4.78, 5) is 2.73. The van der Waals surface area contributed by atoms with E-state index in [2.05, 4.69) is 57.4 Å². The zero-order chi connectivity index (χ0) is 14.8. The number of rotatable bonds is 5. The molecule has 0 aromatic carbocycles. The van der Waals surface area contributed by atoms with Gasteiger partial charge in [-0.3, -0.25) is 0 Å². The largest absolute Gasteiger partial charge is 0.378 e. The lowest BCUT2D eigenvalue weighted by molar-refractivity contribution is 0.932. The lowest BCUT2D eigenvalue weighted by Gasteiger charge is -2.04. The van der Waals surface area contributed by atoms with Crippen molar-refractivity contribution in [3.05, 3.63) is 37.4 Å². The van der Waals surface area contributed by atoms with Crippen molar-refractivity contribution in [1.82, 2.24) is 10.2 Å². The van der Waals surface area contributed by atoms with Gasteiger partial charge in [-0.05, 0) is 47.0 Å². The fourth-order valence-corrected chi connectivity index (χ4v) is 5.03. The normalized spacial score (nSPS) is 11.2. The lowest BCUT2D eigenvalue weighted by atomic mass is 10.2. The fourth-order valence-electron chi connectivity index (χ4n) is 2.28. The molecule has 3 heterocycles. The molecular formula is C15H16BrN3S2. The highest BCUT2D eigenvalue weighted by Gasteiger charge is 2.13. The minimum atomic E-state index is 0.817. The van der Waals surface area contributed by atoms with Gasteiger partial charge in [0.1, 0.15) is 5.52 Å². The summed E-state index contributed by atoms with van der Waals surface area (Å²) in [5.41, 5.74) is 3.41. The van der Waals surface area contributed by atoms with Crippen molar-refractivity contribution in [3.8, 4) is 0 Å². The summed E-state index contributed by atoms with van der Waals surface area (Å²) in [6, 6.07) is 4.21. The van der Waals surface area contributed by atoms with Gasteiger partial charge in [-0.15, -0.1) is 27.8 Å². The third-order valence-electron chi connectivity index (χ3n) is 3.36. The molecule has 3 aromatic heterocycles. The highest BCUT2D eigenvalue weighted by Crippen LogP contribution is 2.35. The van der Waals surface area contributed by atoms with Gasteiger partial charge in [0.25, 0.3) is 0 Å². The van der Waals surface area contributed by atoms with E-state index in [4.69, 9.17) is 0 Å². The van der Waals surface area contributed by atoms with Crippen molar-refractivity contribution in [3.63, 3.8) is 0 Å². The van der Waals surface area contributed by atoms with Gasteiger partial charge in [0.15, 0.2) is 0 Å². The Bertz CT molecular complexity index is 763. The molecule has 0 saturated carbocycles. The molecule has 110 valence electrons. The number of thiophene rings is 2. The molecule has 0 fully saturated rings. The van der Waals surface area contributed by atoms with Crippen LogP contribution in [0.25, 0.3) is 10.2 Å². The molecule has 0 aliphatic rings. The molecule has 6 heteroatoms. The van der Waals surface area contributed by atoms with Crippen LogP contribution in [-0.2, 0) is 13.0 Å². The summed E-state index contributed by atoms with van der Waals surface area (Å²) in [5, 5.41) is 12.0. The Balaban J connectivity index is 1.89. The molecular weight excluding hydrogens is 366 g/mol. The highest BCUT2D eigenvalue weighted by atomic mass is 79.9. The van der Waals surface area contributed by atoms with Crippen molar-refractivity contribution in [2.75, 3.05) is 5.32 Å². The molecule has 0 aliphatic carbocycles. The molecule has 0 bridgehead atoms. The maximum absolute atomic E-state index is 4.32. The topological polar surface area (TPSA) is 37.8 Å². The molecule has 3 aromatic rings. The van der Waals surface area contributed by atoms with Crippen LogP contribution in [0.2, 0.25) is 0 Å². The van der Waals surface area contributed by atoms with Gasteiger partial charge in [0, 0.05) is 16.3 Å². The minimum Gasteiger partial charge on any atom is -0.378 e. The third kappa shape index (κ3) is 3.12. The average molecular weight is 382 g/mol. The van der Waals surface area contributed by atoms with E-state index in [1.807, 2.05) is 17.5 Å². The van der Waals surface area contributed by atoms with Crippen LogP contribution in [0.15, 0.2) is 22.1 Å². The first-order valence-corrected chi connectivity index (χ1v) is 9.33. The Morgan fingerprint density at radius 3 is 2.86 bits per heavy atom. The maximum Gasteiger partial charge on any atom is 0.109 e. The molecule has 0 saturated heterocycles. The SMILES string of the molecule is CCCc1sc2c(NCc3ccc(Br)s3)cnnc2c1C. The van der Waals surface area contributed by atoms with Crippen LogP contribution in [0.1, 0.15) is 28.7 Å². The molecule has 0 radical (unpaired) electrons. The first-order chi connectivity index (χ1) is 10.2. The number of fused-ring (bicyclic) bond motifs is 1. The van der Waals surface area contributed by atoms with Crippen LogP contribution in [0.3, 0.4) is 0 Å². The van der Waals surface area contributed by atoms with Gasteiger partial charge in [-0.2, -0.15) is 5.10 Å². The Hall–Kier alpha value is -0.980. The third-order valence-corrected chi connectivity index (χ3v) is 6.36. The molecule has 21 heavy (non-hydrogen) atoms. The van der Waals surface area contributed by atoms with E-state index in [1.165, 1.54) is 20.0 Å². The Labute approximate surface area is 140 Å². The summed E-state index contributed by atoms with van der Waals surface area (Å²) >= 11 is 7.09. The highest BCUT2D eigenvalue weighted by molar-refractivity contribution is 9.11. The van der Waals surface area contributed by atoms with Gasteiger partial charge in [-0.1, -0.05) is 13.3 Å². The number of aryl methyl sites for hydroxylation is 2. The van der Waals surface area contributed by atoms with Gasteiger partial charge in [-0.25, -0.2) is 0 Å². The van der Waals surface area contributed by atoms with Crippen molar-refractivity contribution in [2.24, 2.45) is 0 Å². The van der Waals surface area contributed by atoms with Gasteiger partial charge in [0.2, 0.25) is 0 Å². The summed E-state index contributed by atoms with van der Waals surface area (Å²) < 4.78 is 2.39. The second-order valence-corrected chi connectivity index (χ2v) is 8.55. The molecule has 3 rings (SSSR count). The summed E-state index contributed by atoms with van der Waals surface area (Å²) in [6.45, 7) is 5.18. The molecule has 3 nitrogen and oxygen atoms in total. The summed E-state index contributed by atoms with van der Waals surface area (Å²) in [7, 11) is 0. The quantitative estimate of drug-likeness (QED) is 0.643. The number of nitrogens with zero attached hydrogens (tertiary/aromatic N) is 2. The van der Waals surface area contributed by atoms with Crippen molar-refractivity contribution < 1.29 is 0 Å². The van der Waals surface area contributed by atoms with Crippen molar-refractivity contribution >= 4 is 54.5 Å². The smallest absolute Gasteiger partial charge is 0.109 e. The van der Waals surface area contributed by atoms with E-state index in [0.717, 1.165) is 34.4 Å². The van der Waals surface area contributed by atoms with Crippen LogP contribution in [-0.4, -0.2) is 10.2 Å². The molecule has 0 spiro atoms. The van der Waals surface area contributed by atoms with Crippen LogP contribution in [0.4, 0.5) is 5.69 Å². The number of hydrogen-bond donors (Lipinski definition) is 1. The van der Waals surface area contributed by atoms with E-state index in [-0.39, 0.29) is 0 Å². The molecule has 0 amide bonds. The number of anilines is 1. The predicted octanol–water partition coefficient (Wildman–Crippen LogP) is 5.39. The number of aromatic nitrogens is 2. The average Bonchev–Trinajstić information content (AvgIpc) is 3.03. The summed E-state index contributed by atoms with van der Waals surface area (Å²) in [6.07, 6.45) is 4.11. The van der Waals surface area contributed by atoms with Gasteiger partial charge in [0.05, 0.1) is 20.4 Å². The second kappa shape index (κ2) is 6.42. The van der Waals surface area contributed by atoms with E-state index in [1.54, 1.807) is 11.3 Å². The van der Waals surface area contributed by atoms with E-state index in [0.29, 0.717) is 0 Å². The molecule has 0 atom stereocenters. The number of halogens is 1. The molecule has 0 aliphatic heterocycles. The first-order valence-electron chi connectivity index (χ1n) is 6.90.